The molecule has 0 radical (unpaired) electrons. The Bertz CT molecular complexity index is 1220. The summed E-state index contributed by atoms with van der Waals surface area (Å²) in [5.41, 5.74) is 5.20. The predicted octanol–water partition coefficient (Wildman–Crippen LogP) is 4.17. The highest BCUT2D eigenvalue weighted by Gasteiger charge is 2.39. The Kier molecular flexibility index (Phi) is 4.62. The molecule has 33 heavy (non-hydrogen) atoms. The van der Waals surface area contributed by atoms with Crippen molar-refractivity contribution in [3.8, 4) is 28.7 Å². The third-order valence-corrected chi connectivity index (χ3v) is 6.39. The van der Waals surface area contributed by atoms with Gasteiger partial charge in [0.05, 0.1) is 40.2 Å². The minimum absolute atomic E-state index is 0.0261. The number of hydrogen-bond acceptors (Lipinski definition) is 8. The summed E-state index contributed by atoms with van der Waals surface area (Å²) < 4.78 is 33.9. The van der Waals surface area contributed by atoms with E-state index in [1.807, 2.05) is 36.4 Å². The Morgan fingerprint density at radius 2 is 1.79 bits per heavy atom. The number of hydrogen-bond donors (Lipinski definition) is 1. The zero-order valence-corrected chi connectivity index (χ0v) is 18.3. The molecule has 2 aromatic carbocycles. The molecule has 1 N–H and O–H groups in total. The Morgan fingerprint density at radius 1 is 1.03 bits per heavy atom. The van der Waals surface area contributed by atoms with Gasteiger partial charge in [-0.15, -0.1) is 0 Å². The first-order valence-corrected chi connectivity index (χ1v) is 10.7. The lowest BCUT2D eigenvalue weighted by molar-refractivity contribution is 0.174. The second-order valence-electron chi connectivity index (χ2n) is 8.10. The summed E-state index contributed by atoms with van der Waals surface area (Å²) in [4.78, 5) is 2.23. The molecule has 4 heterocycles. The van der Waals surface area contributed by atoms with Gasteiger partial charge in [-0.1, -0.05) is 0 Å². The molecular formula is C25H23NO7. The molecule has 3 aliphatic rings. The van der Waals surface area contributed by atoms with Gasteiger partial charge >= 0.3 is 0 Å². The van der Waals surface area contributed by atoms with Crippen LogP contribution in [0, 0.1) is 0 Å². The first-order valence-electron chi connectivity index (χ1n) is 10.7. The van der Waals surface area contributed by atoms with E-state index >= 15 is 0 Å². The Labute approximate surface area is 190 Å². The SMILES string of the molecule is COc1cc(C2C3=C(COC3)N(Cc3ccco3)c3cc4c(cc32)OCO4)cc(OC)c1O. The van der Waals surface area contributed by atoms with Crippen molar-refractivity contribution in [2.75, 3.05) is 39.1 Å². The molecule has 0 fully saturated rings. The van der Waals surface area contributed by atoms with Gasteiger partial charge in [-0.3, -0.25) is 0 Å². The Hall–Kier alpha value is -3.78. The monoisotopic (exact) mass is 449 g/mol. The molecule has 0 bridgehead atoms. The highest BCUT2D eigenvalue weighted by molar-refractivity contribution is 5.73. The number of phenolic OH excluding ortho intramolecular Hbond substituents is 1. The summed E-state index contributed by atoms with van der Waals surface area (Å²) in [6.45, 7) is 1.75. The zero-order chi connectivity index (χ0) is 22.5. The number of rotatable bonds is 5. The Balaban J connectivity index is 1.57. The molecule has 0 spiro atoms. The fourth-order valence-electron chi connectivity index (χ4n) is 4.88. The van der Waals surface area contributed by atoms with Gasteiger partial charge in [-0.25, -0.2) is 0 Å². The molecule has 170 valence electrons. The van der Waals surface area contributed by atoms with Gasteiger partial charge in [-0.05, 0) is 47.0 Å². The van der Waals surface area contributed by atoms with Crippen LogP contribution in [0.1, 0.15) is 22.8 Å². The van der Waals surface area contributed by atoms with Crippen LogP contribution in [-0.4, -0.2) is 39.3 Å². The van der Waals surface area contributed by atoms with Crippen LogP contribution in [0.3, 0.4) is 0 Å². The number of ether oxygens (including phenoxy) is 5. The third-order valence-electron chi connectivity index (χ3n) is 6.39. The van der Waals surface area contributed by atoms with Crippen molar-refractivity contribution < 1.29 is 33.2 Å². The molecule has 0 amide bonds. The number of furan rings is 1. The molecule has 8 nitrogen and oxygen atoms in total. The van der Waals surface area contributed by atoms with Gasteiger partial charge in [0.2, 0.25) is 12.5 Å². The molecule has 1 aromatic heterocycles. The highest BCUT2D eigenvalue weighted by atomic mass is 16.7. The van der Waals surface area contributed by atoms with Crippen LogP contribution in [-0.2, 0) is 11.3 Å². The van der Waals surface area contributed by atoms with Crippen LogP contribution >= 0.6 is 0 Å². The van der Waals surface area contributed by atoms with Crippen LogP contribution in [0.4, 0.5) is 5.69 Å². The quantitative estimate of drug-likeness (QED) is 0.622. The average Bonchev–Trinajstić information content (AvgIpc) is 3.60. The summed E-state index contributed by atoms with van der Waals surface area (Å²) in [6, 6.07) is 11.6. The van der Waals surface area contributed by atoms with E-state index in [1.54, 1.807) is 6.26 Å². The molecule has 0 saturated heterocycles. The third kappa shape index (κ3) is 3.09. The van der Waals surface area contributed by atoms with E-state index in [9.17, 15) is 5.11 Å². The van der Waals surface area contributed by atoms with E-state index in [2.05, 4.69) is 4.90 Å². The van der Waals surface area contributed by atoms with Crippen molar-refractivity contribution in [1.82, 2.24) is 0 Å². The van der Waals surface area contributed by atoms with E-state index < -0.39 is 0 Å². The highest BCUT2D eigenvalue weighted by Crippen LogP contribution is 2.53. The number of methoxy groups -OCH3 is 2. The summed E-state index contributed by atoms with van der Waals surface area (Å²) in [5, 5.41) is 10.5. The zero-order valence-electron chi connectivity index (χ0n) is 18.3. The van der Waals surface area contributed by atoms with Crippen LogP contribution < -0.4 is 23.8 Å². The molecule has 1 unspecified atom stereocenters. The van der Waals surface area contributed by atoms with Crippen LogP contribution in [0.25, 0.3) is 0 Å². The van der Waals surface area contributed by atoms with Crippen molar-refractivity contribution in [3.05, 3.63) is 70.8 Å². The predicted molar refractivity (Wildman–Crippen MR) is 118 cm³/mol. The fourth-order valence-corrected chi connectivity index (χ4v) is 4.88. The van der Waals surface area contributed by atoms with E-state index in [4.69, 9.17) is 28.1 Å². The number of aromatic hydroxyl groups is 1. The summed E-state index contributed by atoms with van der Waals surface area (Å²) >= 11 is 0. The minimum Gasteiger partial charge on any atom is -0.502 e. The minimum atomic E-state index is -0.136. The van der Waals surface area contributed by atoms with Gasteiger partial charge in [0, 0.05) is 23.4 Å². The maximum Gasteiger partial charge on any atom is 0.231 e. The standard InChI is InChI=1S/C25H23NO7/c1-28-22-6-14(7-23(29-2)25(22)27)24-16-8-20-21(33-13-32-20)9-18(16)26(10-15-4-3-5-31-15)19-12-30-11-17(19)24/h3-9,24,27H,10-13H2,1-2H3. The number of benzene rings is 2. The van der Waals surface area contributed by atoms with Crippen LogP contribution in [0.2, 0.25) is 0 Å². The van der Waals surface area contributed by atoms with Crippen LogP contribution in [0.5, 0.6) is 28.7 Å². The molecule has 0 saturated carbocycles. The second-order valence-corrected chi connectivity index (χ2v) is 8.10. The van der Waals surface area contributed by atoms with Gasteiger partial charge in [0.15, 0.2) is 23.0 Å². The lowest BCUT2D eigenvalue weighted by Gasteiger charge is -2.36. The maximum atomic E-state index is 10.5. The van der Waals surface area contributed by atoms with E-state index in [-0.39, 0.29) is 18.5 Å². The molecule has 6 rings (SSSR count). The molecule has 3 aliphatic heterocycles. The molecule has 1 atom stereocenters. The number of phenols is 1. The van der Waals surface area contributed by atoms with Gasteiger partial charge in [-0.2, -0.15) is 0 Å². The van der Waals surface area contributed by atoms with Crippen molar-refractivity contribution in [3.63, 3.8) is 0 Å². The number of anilines is 1. The summed E-state index contributed by atoms with van der Waals surface area (Å²) in [7, 11) is 3.05. The molecule has 8 heteroatoms. The molecular weight excluding hydrogens is 426 g/mol. The summed E-state index contributed by atoms with van der Waals surface area (Å²) in [6.07, 6.45) is 1.68. The number of nitrogens with zero attached hydrogens (tertiary/aromatic N) is 1. The van der Waals surface area contributed by atoms with Gasteiger partial charge in [0.1, 0.15) is 5.76 Å². The van der Waals surface area contributed by atoms with Crippen molar-refractivity contribution in [1.29, 1.82) is 0 Å². The van der Waals surface area contributed by atoms with Gasteiger partial charge in [0.25, 0.3) is 0 Å². The van der Waals surface area contributed by atoms with Gasteiger partial charge < -0.3 is 38.1 Å². The topological polar surface area (TPSA) is 82.8 Å². The molecule has 3 aromatic rings. The van der Waals surface area contributed by atoms with E-state index in [0.717, 1.165) is 33.8 Å². The van der Waals surface area contributed by atoms with E-state index in [1.165, 1.54) is 14.2 Å². The van der Waals surface area contributed by atoms with Crippen molar-refractivity contribution in [2.45, 2.75) is 12.5 Å². The van der Waals surface area contributed by atoms with Crippen molar-refractivity contribution >= 4 is 5.69 Å². The smallest absolute Gasteiger partial charge is 0.231 e. The first-order chi connectivity index (χ1) is 16.2. The maximum absolute atomic E-state index is 10.5. The number of fused-ring (bicyclic) bond motifs is 2. The average molecular weight is 449 g/mol. The lowest BCUT2D eigenvalue weighted by Crippen LogP contribution is -2.30. The first kappa shape index (κ1) is 19.9. The summed E-state index contributed by atoms with van der Waals surface area (Å²) in [5.74, 6) is 2.81. The second kappa shape index (κ2) is 7.67. The lowest BCUT2D eigenvalue weighted by atomic mass is 9.80. The fraction of sp³-hybridized carbons (Fsp3) is 0.280. The van der Waals surface area contributed by atoms with Crippen LogP contribution in [0.15, 0.2) is 58.3 Å². The molecule has 0 aliphatic carbocycles. The largest absolute Gasteiger partial charge is 0.502 e. The normalized spacial score (nSPS) is 18.4. The Morgan fingerprint density at radius 3 is 2.48 bits per heavy atom. The van der Waals surface area contributed by atoms with E-state index in [0.29, 0.717) is 42.8 Å². The van der Waals surface area contributed by atoms with Crippen molar-refractivity contribution in [2.24, 2.45) is 0 Å².